The van der Waals surface area contributed by atoms with Crippen LogP contribution in [0.1, 0.15) is 65.2 Å². The molecule has 21 heavy (non-hydrogen) atoms. The van der Waals surface area contributed by atoms with Crippen LogP contribution >= 0.6 is 0 Å². The lowest BCUT2D eigenvalue weighted by Crippen LogP contribution is -2.48. The van der Waals surface area contributed by atoms with E-state index in [0.29, 0.717) is 18.8 Å². The van der Waals surface area contributed by atoms with Gasteiger partial charge in [0.2, 0.25) is 0 Å². The molecule has 0 saturated heterocycles. The van der Waals surface area contributed by atoms with Gasteiger partial charge < -0.3 is 0 Å². The molecule has 0 amide bonds. The van der Waals surface area contributed by atoms with Crippen LogP contribution in [0.3, 0.4) is 0 Å². The Morgan fingerprint density at radius 3 is 2.14 bits per heavy atom. The van der Waals surface area contributed by atoms with Crippen LogP contribution in [0.4, 0.5) is 17.6 Å². The summed E-state index contributed by atoms with van der Waals surface area (Å²) in [4.78, 5) is 0. The Morgan fingerprint density at radius 2 is 1.57 bits per heavy atom. The monoisotopic (exact) mass is 308 g/mol. The average molecular weight is 308 g/mol. The Kier molecular flexibility index (Phi) is 5.59. The van der Waals surface area contributed by atoms with E-state index in [0.717, 1.165) is 25.7 Å². The lowest BCUT2D eigenvalue weighted by atomic mass is 9.69. The van der Waals surface area contributed by atoms with Gasteiger partial charge in [-0.2, -0.15) is 0 Å². The van der Waals surface area contributed by atoms with Gasteiger partial charge in [0.05, 0.1) is 5.92 Å². The van der Waals surface area contributed by atoms with Crippen molar-refractivity contribution < 1.29 is 17.6 Å². The summed E-state index contributed by atoms with van der Waals surface area (Å²) in [5, 5.41) is 0. The standard InChI is InChI=1S/C17H28F4/c1-3-13-8-9-14(18)16(19)15(13)17(20,21)10-12-6-4-11(2)5-7-12/h11-16H,3-10H2,1-2H3. The van der Waals surface area contributed by atoms with Crippen LogP contribution in [0, 0.1) is 23.7 Å². The van der Waals surface area contributed by atoms with E-state index in [9.17, 15) is 17.6 Å². The Labute approximate surface area is 125 Å². The van der Waals surface area contributed by atoms with Gasteiger partial charge in [0, 0.05) is 6.42 Å². The van der Waals surface area contributed by atoms with Crippen molar-refractivity contribution in [2.75, 3.05) is 0 Å². The lowest BCUT2D eigenvalue weighted by Gasteiger charge is -2.42. The second kappa shape index (κ2) is 6.87. The molecule has 0 aromatic heterocycles. The quantitative estimate of drug-likeness (QED) is 0.563. The van der Waals surface area contributed by atoms with Crippen LogP contribution < -0.4 is 0 Å². The summed E-state index contributed by atoms with van der Waals surface area (Å²) in [5.41, 5.74) is 0. The fraction of sp³-hybridized carbons (Fsp3) is 1.00. The van der Waals surface area contributed by atoms with Gasteiger partial charge in [-0.25, -0.2) is 17.6 Å². The summed E-state index contributed by atoms with van der Waals surface area (Å²) in [7, 11) is 0. The highest BCUT2D eigenvalue weighted by Crippen LogP contribution is 2.48. The van der Waals surface area contributed by atoms with Crippen LogP contribution in [0.2, 0.25) is 0 Å². The molecule has 0 spiro atoms. The van der Waals surface area contributed by atoms with E-state index >= 15 is 0 Å². The molecule has 4 heteroatoms. The highest BCUT2D eigenvalue weighted by atomic mass is 19.3. The second-order valence-electron chi connectivity index (χ2n) is 7.32. The number of alkyl halides is 4. The van der Waals surface area contributed by atoms with Crippen LogP contribution in [0.15, 0.2) is 0 Å². The number of hydrogen-bond acceptors (Lipinski definition) is 0. The first-order chi connectivity index (χ1) is 9.85. The summed E-state index contributed by atoms with van der Waals surface area (Å²) >= 11 is 0. The molecule has 2 aliphatic rings. The van der Waals surface area contributed by atoms with Crippen molar-refractivity contribution in [1.82, 2.24) is 0 Å². The average Bonchev–Trinajstić information content (AvgIpc) is 2.43. The highest BCUT2D eigenvalue weighted by Gasteiger charge is 2.53. The van der Waals surface area contributed by atoms with Crippen molar-refractivity contribution in [2.45, 2.75) is 83.5 Å². The molecule has 0 N–H and O–H groups in total. The van der Waals surface area contributed by atoms with Crippen molar-refractivity contribution in [3.63, 3.8) is 0 Å². The molecule has 0 nitrogen and oxygen atoms in total. The van der Waals surface area contributed by atoms with Gasteiger partial charge >= 0.3 is 0 Å². The maximum atomic E-state index is 14.6. The summed E-state index contributed by atoms with van der Waals surface area (Å²) in [6.07, 6.45) is 0.584. The summed E-state index contributed by atoms with van der Waals surface area (Å²) < 4.78 is 57.0. The smallest absolute Gasteiger partial charge is 0.244 e. The molecule has 2 saturated carbocycles. The van der Waals surface area contributed by atoms with Crippen LogP contribution in [-0.2, 0) is 0 Å². The van der Waals surface area contributed by atoms with Crippen molar-refractivity contribution in [2.24, 2.45) is 23.7 Å². The van der Waals surface area contributed by atoms with Crippen molar-refractivity contribution in [1.29, 1.82) is 0 Å². The molecule has 124 valence electrons. The van der Waals surface area contributed by atoms with E-state index in [1.165, 1.54) is 0 Å². The Morgan fingerprint density at radius 1 is 0.952 bits per heavy atom. The Hall–Kier alpha value is -0.280. The van der Waals surface area contributed by atoms with Gasteiger partial charge in [-0.05, 0) is 43.4 Å². The molecule has 0 aromatic carbocycles. The van der Waals surface area contributed by atoms with E-state index in [-0.39, 0.29) is 24.7 Å². The van der Waals surface area contributed by atoms with E-state index in [1.54, 1.807) is 6.92 Å². The first-order valence-corrected chi connectivity index (χ1v) is 8.51. The van der Waals surface area contributed by atoms with E-state index in [4.69, 9.17) is 0 Å². The maximum absolute atomic E-state index is 14.6. The lowest BCUT2D eigenvalue weighted by molar-refractivity contribution is -0.151. The zero-order valence-corrected chi connectivity index (χ0v) is 13.1. The topological polar surface area (TPSA) is 0 Å². The third-order valence-corrected chi connectivity index (χ3v) is 5.72. The minimum absolute atomic E-state index is 0.0270. The second-order valence-corrected chi connectivity index (χ2v) is 7.32. The van der Waals surface area contributed by atoms with Gasteiger partial charge in [-0.15, -0.1) is 0 Å². The molecule has 2 aliphatic carbocycles. The largest absolute Gasteiger partial charge is 0.254 e. The summed E-state index contributed by atoms with van der Waals surface area (Å²) in [5.74, 6) is -4.30. The Balaban J connectivity index is 2.04. The Bertz CT molecular complexity index is 321. The molecule has 0 aliphatic heterocycles. The highest BCUT2D eigenvalue weighted by molar-refractivity contribution is 4.96. The number of rotatable bonds is 4. The van der Waals surface area contributed by atoms with E-state index < -0.39 is 24.2 Å². The van der Waals surface area contributed by atoms with Crippen molar-refractivity contribution in [3.8, 4) is 0 Å². The molecule has 4 unspecified atom stereocenters. The number of hydrogen-bond donors (Lipinski definition) is 0. The van der Waals surface area contributed by atoms with Gasteiger partial charge in [0.1, 0.15) is 12.3 Å². The van der Waals surface area contributed by atoms with Crippen LogP contribution in [0.5, 0.6) is 0 Å². The molecule has 0 bridgehead atoms. The molecule has 0 aromatic rings. The molecule has 0 radical (unpaired) electrons. The predicted octanol–water partition coefficient (Wildman–Crippen LogP) is 5.95. The first-order valence-electron chi connectivity index (χ1n) is 8.51. The fourth-order valence-electron chi connectivity index (χ4n) is 4.29. The predicted molar refractivity (Wildman–Crippen MR) is 77.0 cm³/mol. The third kappa shape index (κ3) is 3.92. The minimum Gasteiger partial charge on any atom is -0.244 e. The molecule has 2 fully saturated rings. The molecular weight excluding hydrogens is 280 g/mol. The van der Waals surface area contributed by atoms with Crippen molar-refractivity contribution in [3.05, 3.63) is 0 Å². The normalized spacial score (nSPS) is 42.0. The third-order valence-electron chi connectivity index (χ3n) is 5.72. The minimum atomic E-state index is -3.07. The van der Waals surface area contributed by atoms with Crippen molar-refractivity contribution >= 4 is 0 Å². The van der Waals surface area contributed by atoms with Gasteiger partial charge in [-0.3, -0.25) is 0 Å². The molecular formula is C17H28F4. The maximum Gasteiger partial charge on any atom is 0.254 e. The van der Waals surface area contributed by atoms with E-state index in [2.05, 4.69) is 6.92 Å². The van der Waals surface area contributed by atoms with Gasteiger partial charge in [-0.1, -0.05) is 33.1 Å². The zero-order chi connectivity index (χ0) is 15.6. The van der Waals surface area contributed by atoms with Crippen LogP contribution in [0.25, 0.3) is 0 Å². The van der Waals surface area contributed by atoms with Gasteiger partial charge in [0.25, 0.3) is 5.92 Å². The molecule has 0 heterocycles. The zero-order valence-electron chi connectivity index (χ0n) is 13.1. The summed E-state index contributed by atoms with van der Waals surface area (Å²) in [6.45, 7) is 3.95. The first kappa shape index (κ1) is 17.1. The van der Waals surface area contributed by atoms with Crippen LogP contribution in [-0.4, -0.2) is 18.3 Å². The molecule has 4 atom stereocenters. The summed E-state index contributed by atoms with van der Waals surface area (Å²) in [6, 6.07) is 0. The van der Waals surface area contributed by atoms with E-state index in [1.807, 2.05) is 0 Å². The number of halogens is 4. The van der Waals surface area contributed by atoms with Gasteiger partial charge in [0.15, 0.2) is 0 Å². The SMILES string of the molecule is CCC1CCC(F)C(F)C1C(F)(F)CC1CCC(C)CC1. The fourth-order valence-corrected chi connectivity index (χ4v) is 4.29. The molecule has 2 rings (SSSR count).